The maximum absolute atomic E-state index is 12.4. The summed E-state index contributed by atoms with van der Waals surface area (Å²) < 4.78 is 0. The number of allylic oxidation sites excluding steroid dienone is 2. The first-order chi connectivity index (χ1) is 9.59. The topological polar surface area (TPSA) is 70.5 Å². The lowest BCUT2D eigenvalue weighted by Crippen LogP contribution is -2.39. The fourth-order valence-corrected chi connectivity index (χ4v) is 2.48. The van der Waals surface area contributed by atoms with Crippen LogP contribution in [0.4, 0.5) is 0 Å². The number of nitrogens with zero attached hydrogens (tertiary/aromatic N) is 2. The standard InChI is InChI=1S/C15H18N2O3/c1-17(10-11-6-8-16-9-7-11)14(18)12-4-2-3-5-13(12)15(19)20/h2-3,6-9,12-13H,4-5,10H2,1H3,(H,19,20). The molecule has 2 rings (SSSR count). The van der Waals surface area contributed by atoms with Crippen molar-refractivity contribution in [3.63, 3.8) is 0 Å². The molecule has 1 aliphatic rings. The van der Waals surface area contributed by atoms with Crippen molar-refractivity contribution >= 4 is 11.9 Å². The van der Waals surface area contributed by atoms with Gasteiger partial charge in [-0.1, -0.05) is 12.2 Å². The SMILES string of the molecule is CN(Cc1ccncc1)C(=O)C1CC=CCC1C(=O)O. The summed E-state index contributed by atoms with van der Waals surface area (Å²) >= 11 is 0. The largest absolute Gasteiger partial charge is 0.481 e. The van der Waals surface area contributed by atoms with E-state index in [0.29, 0.717) is 19.4 Å². The first kappa shape index (κ1) is 14.2. The molecule has 0 bridgehead atoms. The summed E-state index contributed by atoms with van der Waals surface area (Å²) in [5.74, 6) is -2.10. The number of hydrogen-bond donors (Lipinski definition) is 1. The Bertz CT molecular complexity index is 513. The van der Waals surface area contributed by atoms with E-state index in [1.54, 1.807) is 24.3 Å². The van der Waals surface area contributed by atoms with E-state index in [0.717, 1.165) is 5.56 Å². The molecule has 1 aliphatic carbocycles. The zero-order chi connectivity index (χ0) is 14.5. The average Bonchev–Trinajstić information content (AvgIpc) is 2.47. The highest BCUT2D eigenvalue weighted by Crippen LogP contribution is 2.27. The molecule has 1 heterocycles. The van der Waals surface area contributed by atoms with E-state index < -0.39 is 17.8 Å². The summed E-state index contributed by atoms with van der Waals surface area (Å²) in [7, 11) is 1.71. The van der Waals surface area contributed by atoms with Gasteiger partial charge in [-0.3, -0.25) is 14.6 Å². The molecule has 0 saturated heterocycles. The van der Waals surface area contributed by atoms with Crippen molar-refractivity contribution in [3.8, 4) is 0 Å². The van der Waals surface area contributed by atoms with E-state index in [1.165, 1.54) is 0 Å². The van der Waals surface area contributed by atoms with Crippen molar-refractivity contribution in [2.45, 2.75) is 19.4 Å². The normalized spacial score (nSPS) is 21.4. The molecule has 0 aromatic carbocycles. The number of carbonyl (C=O) groups is 2. The third-order valence-electron chi connectivity index (χ3n) is 3.61. The maximum atomic E-state index is 12.4. The zero-order valence-electron chi connectivity index (χ0n) is 11.4. The maximum Gasteiger partial charge on any atom is 0.307 e. The molecule has 20 heavy (non-hydrogen) atoms. The smallest absolute Gasteiger partial charge is 0.307 e. The van der Waals surface area contributed by atoms with Crippen molar-refractivity contribution in [1.29, 1.82) is 0 Å². The minimum absolute atomic E-state index is 0.112. The highest BCUT2D eigenvalue weighted by molar-refractivity contribution is 5.85. The van der Waals surface area contributed by atoms with E-state index >= 15 is 0 Å². The van der Waals surface area contributed by atoms with Crippen LogP contribution in [0, 0.1) is 11.8 Å². The molecule has 1 aromatic heterocycles. The molecule has 5 nitrogen and oxygen atoms in total. The monoisotopic (exact) mass is 274 g/mol. The summed E-state index contributed by atoms with van der Waals surface area (Å²) in [5.41, 5.74) is 0.981. The molecule has 5 heteroatoms. The lowest BCUT2D eigenvalue weighted by Gasteiger charge is -2.28. The van der Waals surface area contributed by atoms with Gasteiger partial charge in [0.1, 0.15) is 0 Å². The van der Waals surface area contributed by atoms with Crippen LogP contribution in [0.3, 0.4) is 0 Å². The lowest BCUT2D eigenvalue weighted by molar-refractivity contribution is -0.150. The van der Waals surface area contributed by atoms with Gasteiger partial charge in [0.25, 0.3) is 0 Å². The van der Waals surface area contributed by atoms with E-state index in [1.807, 2.05) is 24.3 Å². The Labute approximate surface area is 117 Å². The van der Waals surface area contributed by atoms with Gasteiger partial charge in [0.15, 0.2) is 0 Å². The summed E-state index contributed by atoms with van der Waals surface area (Å²) in [6.07, 6.45) is 8.01. The Morgan fingerprint density at radius 2 is 1.85 bits per heavy atom. The molecule has 1 amide bonds. The predicted molar refractivity (Wildman–Crippen MR) is 73.7 cm³/mol. The van der Waals surface area contributed by atoms with Crippen LogP contribution < -0.4 is 0 Å². The lowest BCUT2D eigenvalue weighted by atomic mass is 9.82. The number of hydrogen-bond acceptors (Lipinski definition) is 3. The van der Waals surface area contributed by atoms with Crippen molar-refractivity contribution in [2.24, 2.45) is 11.8 Å². The Morgan fingerprint density at radius 3 is 2.45 bits per heavy atom. The number of carboxylic acid groups (broad SMARTS) is 1. The number of amides is 1. The molecule has 1 aromatic rings. The first-order valence-corrected chi connectivity index (χ1v) is 6.61. The van der Waals surface area contributed by atoms with Gasteiger partial charge in [0.2, 0.25) is 5.91 Å². The number of carbonyl (C=O) groups excluding carboxylic acids is 1. The van der Waals surface area contributed by atoms with Crippen LogP contribution >= 0.6 is 0 Å². The first-order valence-electron chi connectivity index (χ1n) is 6.61. The molecule has 0 fully saturated rings. The highest BCUT2D eigenvalue weighted by atomic mass is 16.4. The molecule has 0 spiro atoms. The Hall–Kier alpha value is -2.17. The van der Waals surface area contributed by atoms with Crippen molar-refractivity contribution < 1.29 is 14.7 Å². The number of aromatic nitrogens is 1. The van der Waals surface area contributed by atoms with Gasteiger partial charge in [0.05, 0.1) is 11.8 Å². The van der Waals surface area contributed by atoms with E-state index in [2.05, 4.69) is 4.98 Å². The van der Waals surface area contributed by atoms with Crippen LogP contribution in [0.25, 0.3) is 0 Å². The molecule has 106 valence electrons. The fourth-order valence-electron chi connectivity index (χ4n) is 2.48. The quantitative estimate of drug-likeness (QED) is 0.848. The molecule has 2 unspecified atom stereocenters. The minimum atomic E-state index is -0.898. The summed E-state index contributed by atoms with van der Waals surface area (Å²) in [5, 5.41) is 9.22. The number of rotatable bonds is 4. The van der Waals surface area contributed by atoms with Gasteiger partial charge in [0, 0.05) is 26.0 Å². The molecule has 0 radical (unpaired) electrons. The van der Waals surface area contributed by atoms with Gasteiger partial charge < -0.3 is 10.0 Å². The van der Waals surface area contributed by atoms with Crippen molar-refractivity contribution in [3.05, 3.63) is 42.2 Å². The van der Waals surface area contributed by atoms with Crippen LogP contribution in [0.2, 0.25) is 0 Å². The van der Waals surface area contributed by atoms with Crippen LogP contribution in [-0.2, 0) is 16.1 Å². The highest BCUT2D eigenvalue weighted by Gasteiger charge is 2.35. The molecular weight excluding hydrogens is 256 g/mol. The van der Waals surface area contributed by atoms with Gasteiger partial charge in [-0.05, 0) is 30.5 Å². The second-order valence-electron chi connectivity index (χ2n) is 5.04. The van der Waals surface area contributed by atoms with Crippen molar-refractivity contribution in [2.75, 3.05) is 7.05 Å². The molecule has 2 atom stereocenters. The minimum Gasteiger partial charge on any atom is -0.481 e. The Morgan fingerprint density at radius 1 is 1.25 bits per heavy atom. The average molecular weight is 274 g/mol. The molecule has 1 N–H and O–H groups in total. The van der Waals surface area contributed by atoms with Crippen molar-refractivity contribution in [1.82, 2.24) is 9.88 Å². The Balaban J connectivity index is 2.05. The van der Waals surface area contributed by atoms with Crippen LogP contribution in [0.5, 0.6) is 0 Å². The molecule has 0 aliphatic heterocycles. The van der Waals surface area contributed by atoms with Gasteiger partial charge >= 0.3 is 5.97 Å². The van der Waals surface area contributed by atoms with Crippen LogP contribution in [0.1, 0.15) is 18.4 Å². The second-order valence-corrected chi connectivity index (χ2v) is 5.04. The molecule has 0 saturated carbocycles. The van der Waals surface area contributed by atoms with Gasteiger partial charge in [-0.2, -0.15) is 0 Å². The number of carboxylic acids is 1. The van der Waals surface area contributed by atoms with E-state index in [9.17, 15) is 14.7 Å². The fraction of sp³-hybridized carbons (Fsp3) is 0.400. The van der Waals surface area contributed by atoms with E-state index in [-0.39, 0.29) is 5.91 Å². The van der Waals surface area contributed by atoms with Crippen LogP contribution in [0.15, 0.2) is 36.7 Å². The third kappa shape index (κ3) is 3.23. The van der Waals surface area contributed by atoms with Gasteiger partial charge in [-0.25, -0.2) is 0 Å². The number of pyridine rings is 1. The van der Waals surface area contributed by atoms with E-state index in [4.69, 9.17) is 0 Å². The zero-order valence-corrected chi connectivity index (χ0v) is 11.4. The predicted octanol–water partition coefficient (Wildman–Crippen LogP) is 1.71. The van der Waals surface area contributed by atoms with Crippen LogP contribution in [-0.4, -0.2) is 33.9 Å². The molecular formula is C15H18N2O3. The summed E-state index contributed by atoms with van der Waals surface area (Å²) in [4.78, 5) is 29.2. The van der Waals surface area contributed by atoms with Gasteiger partial charge in [-0.15, -0.1) is 0 Å². The summed E-state index contributed by atoms with van der Waals surface area (Å²) in [6, 6.07) is 3.69. The second kappa shape index (κ2) is 6.32. The third-order valence-corrected chi connectivity index (χ3v) is 3.61. The number of aliphatic carboxylic acids is 1. The Kier molecular flexibility index (Phi) is 4.50. The summed E-state index contributed by atoms with van der Waals surface area (Å²) in [6.45, 7) is 0.466.